The number of nitrogens with zero attached hydrogens (tertiary/aromatic N) is 1. The third-order valence-electron chi connectivity index (χ3n) is 3.33. The molecule has 2 heterocycles. The zero-order valence-electron chi connectivity index (χ0n) is 12.5. The molecule has 0 fully saturated rings. The molecule has 0 radical (unpaired) electrons. The molecule has 0 saturated heterocycles. The van der Waals surface area contributed by atoms with Crippen molar-refractivity contribution in [2.45, 2.75) is 17.7 Å². The molecule has 7 nitrogen and oxygen atoms in total. The molecule has 1 aromatic carbocycles. The highest BCUT2D eigenvalue weighted by Crippen LogP contribution is 2.19. The number of carbonyl (C=O) groups is 1. The lowest BCUT2D eigenvalue weighted by atomic mass is 10.3. The molecule has 0 bridgehead atoms. The van der Waals surface area contributed by atoms with E-state index in [4.69, 9.17) is 4.42 Å². The molecule has 0 unspecified atom stereocenters. The van der Waals surface area contributed by atoms with Gasteiger partial charge in [-0.2, -0.15) is 0 Å². The number of rotatable bonds is 4. The van der Waals surface area contributed by atoms with Crippen LogP contribution in [0.5, 0.6) is 0 Å². The van der Waals surface area contributed by atoms with Gasteiger partial charge in [0.05, 0.1) is 4.90 Å². The summed E-state index contributed by atoms with van der Waals surface area (Å²) in [5.74, 6) is 0.113. The van der Waals surface area contributed by atoms with Crippen LogP contribution in [0.4, 0.5) is 5.69 Å². The largest absolute Gasteiger partial charge is 0.444 e. The summed E-state index contributed by atoms with van der Waals surface area (Å²) in [7, 11) is -3.73. The number of nitrogens with one attached hydrogen (secondary N) is 2. The Kier molecular flexibility index (Phi) is 4.72. The standard InChI is InChI=1S/C15H14BrN3O4S/c16-13-7-6-12(23-13)15(20)18-10-3-1-4-11(9-10)24(21,22)19-14-5-2-8-17-14/h1,3-4,6-7,9H,2,5,8H2,(H,17,19)(H,18,20). The molecule has 2 aromatic rings. The van der Waals surface area contributed by atoms with Crippen molar-refractivity contribution in [1.82, 2.24) is 4.72 Å². The smallest absolute Gasteiger partial charge is 0.291 e. The molecule has 24 heavy (non-hydrogen) atoms. The van der Waals surface area contributed by atoms with Gasteiger partial charge in [-0.3, -0.25) is 14.5 Å². The first kappa shape index (κ1) is 16.7. The van der Waals surface area contributed by atoms with Gasteiger partial charge in [-0.05, 0) is 52.7 Å². The topological polar surface area (TPSA) is 101 Å². The van der Waals surface area contributed by atoms with E-state index in [1.807, 2.05) is 0 Å². The van der Waals surface area contributed by atoms with Crippen LogP contribution in [0.15, 0.2) is 55.4 Å². The number of anilines is 1. The number of hydrogen-bond donors (Lipinski definition) is 2. The average molecular weight is 412 g/mol. The zero-order valence-corrected chi connectivity index (χ0v) is 14.9. The van der Waals surface area contributed by atoms with E-state index < -0.39 is 15.9 Å². The number of amidine groups is 1. The third-order valence-corrected chi connectivity index (χ3v) is 5.13. The Morgan fingerprint density at radius 3 is 2.75 bits per heavy atom. The summed E-state index contributed by atoms with van der Waals surface area (Å²) >= 11 is 3.12. The number of hydrogen-bond acceptors (Lipinski definition) is 5. The lowest BCUT2D eigenvalue weighted by molar-refractivity contribution is 0.0995. The van der Waals surface area contributed by atoms with E-state index in [0.717, 1.165) is 6.42 Å². The van der Waals surface area contributed by atoms with Gasteiger partial charge in [0.15, 0.2) is 10.4 Å². The Labute approximate surface area is 147 Å². The normalized spacial score (nSPS) is 14.3. The fourth-order valence-corrected chi connectivity index (χ4v) is 3.65. The second-order valence-electron chi connectivity index (χ2n) is 5.12. The highest BCUT2D eigenvalue weighted by molar-refractivity contribution is 9.10. The van der Waals surface area contributed by atoms with Crippen LogP contribution in [0.25, 0.3) is 0 Å². The van der Waals surface area contributed by atoms with Crippen molar-refractivity contribution in [2.24, 2.45) is 4.99 Å². The van der Waals surface area contributed by atoms with Gasteiger partial charge in [-0.15, -0.1) is 0 Å². The van der Waals surface area contributed by atoms with Crippen molar-refractivity contribution in [2.75, 3.05) is 11.9 Å². The van der Waals surface area contributed by atoms with Crippen LogP contribution in [0, 0.1) is 0 Å². The van der Waals surface area contributed by atoms with Crippen molar-refractivity contribution in [3.63, 3.8) is 0 Å². The van der Waals surface area contributed by atoms with Crippen LogP contribution in [-0.2, 0) is 10.0 Å². The van der Waals surface area contributed by atoms with Gasteiger partial charge in [0, 0.05) is 18.7 Å². The van der Waals surface area contributed by atoms with Crippen LogP contribution in [0.2, 0.25) is 0 Å². The lowest BCUT2D eigenvalue weighted by Gasteiger charge is -2.09. The van der Waals surface area contributed by atoms with Crippen LogP contribution < -0.4 is 10.0 Å². The van der Waals surface area contributed by atoms with Crippen molar-refractivity contribution in [3.8, 4) is 0 Å². The Bertz CT molecular complexity index is 905. The molecule has 1 aliphatic heterocycles. The first-order valence-electron chi connectivity index (χ1n) is 7.17. The van der Waals surface area contributed by atoms with Gasteiger partial charge >= 0.3 is 0 Å². The number of halogens is 1. The number of sulfonamides is 1. The minimum atomic E-state index is -3.73. The molecule has 0 spiro atoms. The molecule has 1 aromatic heterocycles. The predicted molar refractivity (Wildman–Crippen MR) is 92.7 cm³/mol. The fraction of sp³-hybridized carbons (Fsp3) is 0.200. The number of aliphatic imine (C=N–C) groups is 1. The maximum atomic E-state index is 12.4. The van der Waals surface area contributed by atoms with Crippen LogP contribution >= 0.6 is 15.9 Å². The van der Waals surface area contributed by atoms with Crippen LogP contribution in [-0.4, -0.2) is 26.7 Å². The molecule has 126 valence electrons. The maximum absolute atomic E-state index is 12.4. The van der Waals surface area contributed by atoms with Crippen LogP contribution in [0.1, 0.15) is 23.4 Å². The molecule has 1 amide bonds. The first-order valence-corrected chi connectivity index (χ1v) is 9.44. The van der Waals surface area contributed by atoms with Crippen molar-refractivity contribution >= 4 is 43.4 Å². The summed E-state index contributed by atoms with van der Waals surface area (Å²) in [6.45, 7) is 0.632. The van der Waals surface area contributed by atoms with Gasteiger partial charge in [-0.1, -0.05) is 6.07 Å². The third kappa shape index (κ3) is 3.85. The van der Waals surface area contributed by atoms with E-state index in [-0.39, 0.29) is 10.7 Å². The fourth-order valence-electron chi connectivity index (χ4n) is 2.21. The minimum Gasteiger partial charge on any atom is -0.444 e. The molecule has 3 rings (SSSR count). The highest BCUT2D eigenvalue weighted by atomic mass is 79.9. The SMILES string of the molecule is O=C(Nc1cccc(S(=O)(=O)NC2=NCCC2)c1)c1ccc(Br)o1. The van der Waals surface area contributed by atoms with Crippen molar-refractivity contribution in [3.05, 3.63) is 46.8 Å². The number of benzene rings is 1. The highest BCUT2D eigenvalue weighted by Gasteiger charge is 2.19. The van der Waals surface area contributed by atoms with E-state index in [2.05, 4.69) is 31.0 Å². The average Bonchev–Trinajstić information content (AvgIpc) is 3.19. The second kappa shape index (κ2) is 6.78. The monoisotopic (exact) mass is 411 g/mol. The van der Waals surface area contributed by atoms with Gasteiger partial charge in [-0.25, -0.2) is 8.42 Å². The van der Waals surface area contributed by atoms with E-state index in [0.29, 0.717) is 29.2 Å². The Balaban J connectivity index is 1.77. The molecule has 9 heteroatoms. The van der Waals surface area contributed by atoms with E-state index in [1.165, 1.54) is 18.2 Å². The van der Waals surface area contributed by atoms with E-state index in [9.17, 15) is 13.2 Å². The molecule has 0 aliphatic carbocycles. The maximum Gasteiger partial charge on any atom is 0.291 e. The summed E-state index contributed by atoms with van der Waals surface area (Å²) in [5.41, 5.74) is 0.351. The van der Waals surface area contributed by atoms with Crippen molar-refractivity contribution in [1.29, 1.82) is 0 Å². The van der Waals surface area contributed by atoms with Gasteiger partial charge in [0.25, 0.3) is 15.9 Å². The molecule has 0 saturated carbocycles. The molecular weight excluding hydrogens is 398 g/mol. The van der Waals surface area contributed by atoms with Gasteiger partial charge in [0.1, 0.15) is 5.84 Å². The number of carbonyl (C=O) groups excluding carboxylic acids is 1. The predicted octanol–water partition coefficient (Wildman–Crippen LogP) is 2.77. The summed E-state index contributed by atoms with van der Waals surface area (Å²) in [6.07, 6.45) is 1.45. The van der Waals surface area contributed by atoms with Crippen molar-refractivity contribution < 1.29 is 17.6 Å². The van der Waals surface area contributed by atoms with Gasteiger partial charge < -0.3 is 9.73 Å². The zero-order chi connectivity index (χ0) is 17.2. The summed E-state index contributed by atoms with van der Waals surface area (Å²) in [6, 6.07) is 9.10. The summed E-state index contributed by atoms with van der Waals surface area (Å²) in [4.78, 5) is 16.2. The second-order valence-corrected chi connectivity index (χ2v) is 7.59. The Morgan fingerprint density at radius 1 is 1.25 bits per heavy atom. The Hall–Kier alpha value is -2.13. The summed E-state index contributed by atoms with van der Waals surface area (Å²) < 4.78 is 32.8. The first-order chi connectivity index (χ1) is 11.4. The minimum absolute atomic E-state index is 0.0514. The van der Waals surface area contributed by atoms with Crippen LogP contribution in [0.3, 0.4) is 0 Å². The number of furan rings is 1. The summed E-state index contributed by atoms with van der Waals surface area (Å²) in [5, 5.41) is 2.60. The molecule has 1 aliphatic rings. The lowest BCUT2D eigenvalue weighted by Crippen LogP contribution is -2.29. The molecule has 2 N–H and O–H groups in total. The quantitative estimate of drug-likeness (QED) is 0.807. The van der Waals surface area contributed by atoms with Gasteiger partial charge in [0.2, 0.25) is 0 Å². The van der Waals surface area contributed by atoms with E-state index >= 15 is 0 Å². The molecule has 0 atom stereocenters. The molecular formula is C15H14BrN3O4S. The van der Waals surface area contributed by atoms with E-state index in [1.54, 1.807) is 18.2 Å². The Morgan fingerprint density at radius 2 is 2.08 bits per heavy atom. The number of amides is 1.